The van der Waals surface area contributed by atoms with Gasteiger partial charge in [-0.05, 0) is 45.3 Å². The minimum absolute atomic E-state index is 0.140. The van der Waals surface area contributed by atoms with Gasteiger partial charge in [-0.2, -0.15) is 18.2 Å². The Bertz CT molecular complexity index is 564. The lowest BCUT2D eigenvalue weighted by Gasteiger charge is -2.34. The van der Waals surface area contributed by atoms with Gasteiger partial charge in [-0.15, -0.1) is 0 Å². The standard InChI is InChI=1S/C14H20F3N5S/c1-3-18-13(23)21-12-19-10(14(15,16)17)8-11(20-12)22-7-5-4-6-9(22)2/h8-9H,3-7H2,1-2H3,(H2,18,19,20,21,23)/t9-/m1/s1. The number of hydrogen-bond acceptors (Lipinski definition) is 4. The first kappa shape index (κ1) is 17.7. The van der Waals surface area contributed by atoms with E-state index in [9.17, 15) is 13.2 Å². The lowest BCUT2D eigenvalue weighted by Crippen LogP contribution is -2.38. The largest absolute Gasteiger partial charge is 0.433 e. The molecule has 2 N–H and O–H groups in total. The summed E-state index contributed by atoms with van der Waals surface area (Å²) in [5.41, 5.74) is -0.970. The van der Waals surface area contributed by atoms with E-state index in [-0.39, 0.29) is 22.9 Å². The van der Waals surface area contributed by atoms with Gasteiger partial charge in [0.2, 0.25) is 5.95 Å². The first-order chi connectivity index (χ1) is 10.8. The van der Waals surface area contributed by atoms with Crippen molar-refractivity contribution < 1.29 is 13.2 Å². The van der Waals surface area contributed by atoms with Crippen LogP contribution in [0.4, 0.5) is 24.9 Å². The minimum Gasteiger partial charge on any atom is -0.363 e. The van der Waals surface area contributed by atoms with Crippen molar-refractivity contribution in [2.24, 2.45) is 0 Å². The summed E-state index contributed by atoms with van der Waals surface area (Å²) in [5.74, 6) is 0.139. The van der Waals surface area contributed by atoms with E-state index in [2.05, 4.69) is 20.6 Å². The molecule has 2 rings (SSSR count). The molecule has 0 unspecified atom stereocenters. The van der Waals surface area contributed by atoms with Gasteiger partial charge < -0.3 is 15.5 Å². The van der Waals surface area contributed by atoms with Crippen molar-refractivity contribution in [3.63, 3.8) is 0 Å². The molecule has 1 fully saturated rings. The number of alkyl halides is 3. The summed E-state index contributed by atoms with van der Waals surface area (Å²) < 4.78 is 39.3. The monoisotopic (exact) mass is 347 g/mol. The maximum absolute atomic E-state index is 13.1. The SMILES string of the molecule is CCNC(=S)Nc1nc(N2CCCC[C@H]2C)cc(C(F)(F)F)n1. The van der Waals surface area contributed by atoms with E-state index in [0.29, 0.717) is 13.1 Å². The maximum atomic E-state index is 13.1. The number of rotatable bonds is 3. The lowest BCUT2D eigenvalue weighted by molar-refractivity contribution is -0.141. The van der Waals surface area contributed by atoms with Crippen molar-refractivity contribution in [1.29, 1.82) is 0 Å². The van der Waals surface area contributed by atoms with Gasteiger partial charge in [0.25, 0.3) is 0 Å². The summed E-state index contributed by atoms with van der Waals surface area (Å²) >= 11 is 5.00. The predicted octanol–water partition coefficient (Wildman–Crippen LogP) is 3.18. The Labute approximate surface area is 138 Å². The number of halogens is 3. The number of nitrogens with one attached hydrogen (secondary N) is 2. The van der Waals surface area contributed by atoms with Crippen molar-refractivity contribution in [2.75, 3.05) is 23.3 Å². The second-order valence-corrected chi connectivity index (χ2v) is 5.86. The molecule has 1 aliphatic rings. The molecule has 0 aliphatic carbocycles. The van der Waals surface area contributed by atoms with Gasteiger partial charge in [0.1, 0.15) is 5.82 Å². The Morgan fingerprint density at radius 3 is 2.74 bits per heavy atom. The van der Waals surface area contributed by atoms with Crippen LogP contribution < -0.4 is 15.5 Å². The quantitative estimate of drug-likeness (QED) is 0.819. The van der Waals surface area contributed by atoms with Crippen molar-refractivity contribution in [3.8, 4) is 0 Å². The number of hydrogen-bond donors (Lipinski definition) is 2. The zero-order chi connectivity index (χ0) is 17.0. The van der Waals surface area contributed by atoms with Crippen LogP contribution in [0.15, 0.2) is 6.07 Å². The van der Waals surface area contributed by atoms with Gasteiger partial charge in [-0.25, -0.2) is 4.98 Å². The molecular weight excluding hydrogens is 327 g/mol. The molecule has 0 bridgehead atoms. The zero-order valence-electron chi connectivity index (χ0n) is 13.1. The fraction of sp³-hybridized carbons (Fsp3) is 0.643. The summed E-state index contributed by atoms with van der Waals surface area (Å²) in [6.07, 6.45) is -1.59. The molecule has 0 radical (unpaired) electrons. The highest BCUT2D eigenvalue weighted by molar-refractivity contribution is 7.80. The van der Waals surface area contributed by atoms with Crippen molar-refractivity contribution in [2.45, 2.75) is 45.3 Å². The highest BCUT2D eigenvalue weighted by Gasteiger charge is 2.35. The van der Waals surface area contributed by atoms with E-state index < -0.39 is 11.9 Å². The first-order valence-corrected chi connectivity index (χ1v) is 8.00. The molecule has 0 saturated carbocycles. The van der Waals surface area contributed by atoms with Crippen LogP contribution >= 0.6 is 12.2 Å². The van der Waals surface area contributed by atoms with Crippen LogP contribution in [-0.2, 0) is 6.18 Å². The molecule has 9 heteroatoms. The van der Waals surface area contributed by atoms with Crippen LogP contribution in [-0.4, -0.2) is 34.2 Å². The fourth-order valence-electron chi connectivity index (χ4n) is 2.53. The second-order valence-electron chi connectivity index (χ2n) is 5.46. The van der Waals surface area contributed by atoms with Gasteiger partial charge >= 0.3 is 6.18 Å². The van der Waals surface area contributed by atoms with E-state index >= 15 is 0 Å². The second kappa shape index (κ2) is 7.29. The van der Waals surface area contributed by atoms with Crippen LogP contribution in [0.5, 0.6) is 0 Å². The number of nitrogens with zero attached hydrogens (tertiary/aromatic N) is 3. The Morgan fingerprint density at radius 1 is 1.39 bits per heavy atom. The van der Waals surface area contributed by atoms with Crippen molar-refractivity contribution in [3.05, 3.63) is 11.8 Å². The molecule has 128 valence electrons. The average Bonchev–Trinajstić information content (AvgIpc) is 2.46. The van der Waals surface area contributed by atoms with E-state index in [1.54, 1.807) is 0 Å². The van der Waals surface area contributed by atoms with E-state index in [1.165, 1.54) is 0 Å². The molecule has 1 saturated heterocycles. The van der Waals surface area contributed by atoms with Crippen LogP contribution in [0.25, 0.3) is 0 Å². The fourth-order valence-corrected chi connectivity index (χ4v) is 2.76. The molecule has 1 aliphatic heterocycles. The third kappa shape index (κ3) is 4.66. The van der Waals surface area contributed by atoms with Gasteiger partial charge in [-0.1, -0.05) is 0 Å². The minimum atomic E-state index is -4.53. The Morgan fingerprint density at radius 2 is 2.13 bits per heavy atom. The highest BCUT2D eigenvalue weighted by atomic mass is 32.1. The van der Waals surface area contributed by atoms with Gasteiger partial charge in [0.05, 0.1) is 0 Å². The topological polar surface area (TPSA) is 53.1 Å². The molecule has 1 atom stereocenters. The summed E-state index contributed by atoms with van der Waals surface area (Å²) in [6, 6.07) is 1.15. The van der Waals surface area contributed by atoms with Gasteiger partial charge in [0, 0.05) is 25.2 Å². The molecule has 1 aromatic rings. The molecule has 0 aromatic carbocycles. The van der Waals surface area contributed by atoms with E-state index in [4.69, 9.17) is 12.2 Å². The third-order valence-corrected chi connectivity index (χ3v) is 3.91. The average molecular weight is 347 g/mol. The molecule has 5 nitrogen and oxygen atoms in total. The molecular formula is C14H20F3N5S. The third-order valence-electron chi connectivity index (χ3n) is 3.66. The van der Waals surface area contributed by atoms with Crippen LogP contribution in [0, 0.1) is 0 Å². The number of anilines is 2. The van der Waals surface area contributed by atoms with Gasteiger partial charge in [0.15, 0.2) is 10.8 Å². The Hall–Kier alpha value is -1.64. The molecule has 1 aromatic heterocycles. The number of thiocarbonyl (C=S) groups is 1. The Kier molecular flexibility index (Phi) is 5.61. The molecule has 23 heavy (non-hydrogen) atoms. The molecule has 2 heterocycles. The lowest BCUT2D eigenvalue weighted by atomic mass is 10.0. The highest BCUT2D eigenvalue weighted by Crippen LogP contribution is 2.32. The summed E-state index contributed by atoms with van der Waals surface area (Å²) in [4.78, 5) is 9.66. The van der Waals surface area contributed by atoms with Crippen LogP contribution in [0.2, 0.25) is 0 Å². The van der Waals surface area contributed by atoms with Crippen molar-refractivity contribution >= 4 is 29.1 Å². The summed E-state index contributed by atoms with van der Waals surface area (Å²) in [6.45, 7) is 5.07. The zero-order valence-corrected chi connectivity index (χ0v) is 13.9. The number of aromatic nitrogens is 2. The molecule has 0 spiro atoms. The Balaban J connectivity index is 2.35. The van der Waals surface area contributed by atoms with Crippen LogP contribution in [0.1, 0.15) is 38.8 Å². The van der Waals surface area contributed by atoms with E-state index in [0.717, 1.165) is 25.3 Å². The molecule has 0 amide bonds. The normalized spacial score (nSPS) is 18.7. The predicted molar refractivity (Wildman–Crippen MR) is 87.6 cm³/mol. The summed E-state index contributed by atoms with van der Waals surface area (Å²) in [7, 11) is 0. The van der Waals surface area contributed by atoms with Crippen molar-refractivity contribution in [1.82, 2.24) is 15.3 Å². The summed E-state index contributed by atoms with van der Waals surface area (Å²) in [5, 5.41) is 5.63. The smallest absolute Gasteiger partial charge is 0.363 e. The first-order valence-electron chi connectivity index (χ1n) is 7.59. The van der Waals surface area contributed by atoms with E-state index in [1.807, 2.05) is 18.7 Å². The number of piperidine rings is 1. The van der Waals surface area contributed by atoms with Gasteiger partial charge in [-0.3, -0.25) is 0 Å². The maximum Gasteiger partial charge on any atom is 0.433 e. The van der Waals surface area contributed by atoms with Crippen LogP contribution in [0.3, 0.4) is 0 Å².